The van der Waals surface area contributed by atoms with Gasteiger partial charge in [0.2, 0.25) is 11.8 Å². The van der Waals surface area contributed by atoms with Crippen LogP contribution in [0.3, 0.4) is 0 Å². The number of carbonyl (C=O) groups is 2. The van der Waals surface area contributed by atoms with Gasteiger partial charge in [0, 0.05) is 43.6 Å². The lowest BCUT2D eigenvalue weighted by Gasteiger charge is -2.28. The molecule has 0 saturated heterocycles. The number of imidazole rings is 1. The van der Waals surface area contributed by atoms with Crippen molar-refractivity contribution >= 4 is 11.8 Å². The first kappa shape index (κ1) is 19.1. The van der Waals surface area contributed by atoms with Gasteiger partial charge in [0.1, 0.15) is 6.54 Å². The summed E-state index contributed by atoms with van der Waals surface area (Å²) < 4.78 is 3.65. The topological polar surface area (TPSA) is 93.8 Å². The van der Waals surface area contributed by atoms with E-state index in [0.29, 0.717) is 6.54 Å². The number of hydrogen-bond donors (Lipinski definition) is 2. The molecule has 3 rings (SSSR count). The van der Waals surface area contributed by atoms with Gasteiger partial charge in [-0.1, -0.05) is 0 Å². The minimum atomic E-state index is -0.0227. The Morgan fingerprint density at radius 2 is 2.07 bits per heavy atom. The van der Waals surface area contributed by atoms with E-state index in [1.807, 2.05) is 23.9 Å². The molecule has 8 nitrogen and oxygen atoms in total. The van der Waals surface area contributed by atoms with Crippen molar-refractivity contribution in [2.75, 3.05) is 6.54 Å². The van der Waals surface area contributed by atoms with Gasteiger partial charge in [0.25, 0.3) is 0 Å². The Kier molecular flexibility index (Phi) is 6.62. The second-order valence-electron chi connectivity index (χ2n) is 7.28. The predicted octanol–water partition coefficient (Wildman–Crippen LogP) is 1.27. The first-order valence-corrected chi connectivity index (χ1v) is 9.62. The molecule has 0 bridgehead atoms. The van der Waals surface area contributed by atoms with Gasteiger partial charge < -0.3 is 15.2 Å². The highest BCUT2D eigenvalue weighted by atomic mass is 16.2. The second-order valence-corrected chi connectivity index (χ2v) is 7.28. The van der Waals surface area contributed by atoms with Crippen molar-refractivity contribution in [2.45, 2.75) is 58.2 Å². The molecule has 2 amide bonds. The number of hydrogen-bond acceptors (Lipinski definition) is 4. The van der Waals surface area contributed by atoms with Gasteiger partial charge >= 0.3 is 0 Å². The van der Waals surface area contributed by atoms with E-state index >= 15 is 0 Å². The maximum atomic E-state index is 12.3. The van der Waals surface area contributed by atoms with Crippen LogP contribution in [0.2, 0.25) is 0 Å². The maximum Gasteiger partial charge on any atom is 0.241 e. The van der Waals surface area contributed by atoms with Gasteiger partial charge in [-0.15, -0.1) is 0 Å². The van der Waals surface area contributed by atoms with E-state index in [0.717, 1.165) is 44.2 Å². The normalized spacial score (nSPS) is 19.6. The molecule has 1 saturated carbocycles. The molecule has 0 unspecified atom stereocenters. The van der Waals surface area contributed by atoms with Gasteiger partial charge in [-0.05, 0) is 44.6 Å². The zero-order valence-corrected chi connectivity index (χ0v) is 15.8. The standard InChI is InChI=1S/C19H28N6O2/c1-15-11-22-25(12-15)13-18(26)23-17-5-3-16(4-6-17)19(27)21-7-2-9-24-10-8-20-14-24/h8,10-12,14,16-17H,2-7,9,13H2,1H3,(H,21,27)(H,23,26). The fourth-order valence-electron chi connectivity index (χ4n) is 3.51. The summed E-state index contributed by atoms with van der Waals surface area (Å²) in [6, 6.07) is 0.152. The molecular formula is C19H28N6O2. The number of amides is 2. The predicted molar refractivity (Wildman–Crippen MR) is 101 cm³/mol. The fraction of sp³-hybridized carbons (Fsp3) is 0.579. The van der Waals surface area contributed by atoms with Crippen molar-refractivity contribution in [3.63, 3.8) is 0 Å². The van der Waals surface area contributed by atoms with Gasteiger partial charge in [0.05, 0.1) is 12.5 Å². The van der Waals surface area contributed by atoms with Crippen LogP contribution >= 0.6 is 0 Å². The average molecular weight is 372 g/mol. The summed E-state index contributed by atoms with van der Waals surface area (Å²) in [5.41, 5.74) is 1.04. The molecule has 1 fully saturated rings. The van der Waals surface area contributed by atoms with E-state index in [1.165, 1.54) is 0 Å². The molecule has 146 valence electrons. The SMILES string of the molecule is Cc1cnn(CC(=O)NC2CCC(C(=O)NCCCn3ccnc3)CC2)c1. The van der Waals surface area contributed by atoms with E-state index in [9.17, 15) is 9.59 Å². The Labute approximate surface area is 159 Å². The zero-order chi connectivity index (χ0) is 19.1. The molecule has 1 aliphatic rings. The summed E-state index contributed by atoms with van der Waals surface area (Å²) in [6.45, 7) is 3.72. The third-order valence-corrected chi connectivity index (χ3v) is 4.98. The van der Waals surface area contributed by atoms with Crippen LogP contribution in [0.15, 0.2) is 31.1 Å². The quantitative estimate of drug-likeness (QED) is 0.683. The molecule has 2 N–H and O–H groups in total. The molecule has 0 radical (unpaired) electrons. The van der Waals surface area contributed by atoms with Gasteiger partial charge in [-0.25, -0.2) is 4.98 Å². The first-order valence-electron chi connectivity index (χ1n) is 9.62. The van der Waals surface area contributed by atoms with Crippen LogP contribution in [0.4, 0.5) is 0 Å². The van der Waals surface area contributed by atoms with E-state index in [1.54, 1.807) is 23.4 Å². The van der Waals surface area contributed by atoms with E-state index in [-0.39, 0.29) is 30.3 Å². The summed E-state index contributed by atoms with van der Waals surface area (Å²) in [5, 5.41) is 10.2. The summed E-state index contributed by atoms with van der Waals surface area (Å²) in [5.74, 6) is 0.170. The highest BCUT2D eigenvalue weighted by Gasteiger charge is 2.26. The molecule has 0 atom stereocenters. The number of carbonyl (C=O) groups excluding carboxylic acids is 2. The summed E-state index contributed by atoms with van der Waals surface area (Å²) in [6.07, 6.45) is 13.3. The van der Waals surface area contributed by atoms with Crippen LogP contribution in [0.25, 0.3) is 0 Å². The van der Waals surface area contributed by atoms with Crippen LogP contribution in [0, 0.1) is 12.8 Å². The van der Waals surface area contributed by atoms with E-state index in [4.69, 9.17) is 0 Å². The third-order valence-electron chi connectivity index (χ3n) is 4.98. The van der Waals surface area contributed by atoms with Gasteiger partial charge in [-0.2, -0.15) is 5.10 Å². The average Bonchev–Trinajstić information content (AvgIpc) is 3.31. The summed E-state index contributed by atoms with van der Waals surface area (Å²) >= 11 is 0. The largest absolute Gasteiger partial charge is 0.356 e. The number of rotatable bonds is 8. The molecule has 0 aromatic carbocycles. The molecule has 27 heavy (non-hydrogen) atoms. The van der Waals surface area contributed by atoms with Crippen LogP contribution in [0.1, 0.15) is 37.7 Å². The lowest BCUT2D eigenvalue weighted by atomic mass is 9.85. The molecule has 0 spiro atoms. The smallest absolute Gasteiger partial charge is 0.241 e. The Bertz CT molecular complexity index is 731. The third kappa shape index (κ3) is 5.94. The van der Waals surface area contributed by atoms with Crippen molar-refractivity contribution in [2.24, 2.45) is 5.92 Å². The van der Waals surface area contributed by atoms with Crippen LogP contribution < -0.4 is 10.6 Å². The highest BCUT2D eigenvalue weighted by Crippen LogP contribution is 2.24. The number of aryl methyl sites for hydroxylation is 2. The minimum Gasteiger partial charge on any atom is -0.356 e. The van der Waals surface area contributed by atoms with Gasteiger partial charge in [-0.3, -0.25) is 14.3 Å². The molecular weight excluding hydrogens is 344 g/mol. The Hall–Kier alpha value is -2.64. The molecule has 0 aliphatic heterocycles. The van der Waals surface area contributed by atoms with E-state index < -0.39 is 0 Å². The van der Waals surface area contributed by atoms with Crippen LogP contribution in [0.5, 0.6) is 0 Å². The van der Waals surface area contributed by atoms with E-state index in [2.05, 4.69) is 20.7 Å². The molecule has 8 heteroatoms. The van der Waals surface area contributed by atoms with Crippen molar-refractivity contribution < 1.29 is 9.59 Å². The second kappa shape index (κ2) is 9.34. The van der Waals surface area contributed by atoms with Crippen molar-refractivity contribution in [1.29, 1.82) is 0 Å². The molecule has 1 aliphatic carbocycles. The highest BCUT2D eigenvalue weighted by molar-refractivity contribution is 5.79. The Morgan fingerprint density at radius 1 is 1.26 bits per heavy atom. The van der Waals surface area contributed by atoms with Gasteiger partial charge in [0.15, 0.2) is 0 Å². The number of aromatic nitrogens is 4. The maximum absolute atomic E-state index is 12.3. The summed E-state index contributed by atoms with van der Waals surface area (Å²) in [7, 11) is 0. The monoisotopic (exact) mass is 372 g/mol. The molecule has 2 heterocycles. The minimum absolute atomic E-state index is 0.0227. The van der Waals surface area contributed by atoms with Crippen molar-refractivity contribution in [3.8, 4) is 0 Å². The molecule has 2 aromatic heterocycles. The zero-order valence-electron chi connectivity index (χ0n) is 15.8. The Balaban J connectivity index is 1.30. The first-order chi connectivity index (χ1) is 13.1. The Morgan fingerprint density at radius 3 is 2.74 bits per heavy atom. The van der Waals surface area contributed by atoms with Crippen LogP contribution in [-0.4, -0.2) is 43.7 Å². The van der Waals surface area contributed by atoms with Crippen LogP contribution in [-0.2, 0) is 22.7 Å². The number of nitrogens with zero attached hydrogens (tertiary/aromatic N) is 4. The lowest BCUT2D eigenvalue weighted by Crippen LogP contribution is -2.42. The summed E-state index contributed by atoms with van der Waals surface area (Å²) in [4.78, 5) is 28.4. The van der Waals surface area contributed by atoms with Crippen molar-refractivity contribution in [1.82, 2.24) is 30.0 Å². The number of nitrogens with one attached hydrogen (secondary N) is 2. The van der Waals surface area contributed by atoms with Crippen molar-refractivity contribution in [3.05, 3.63) is 36.7 Å². The fourth-order valence-corrected chi connectivity index (χ4v) is 3.51. The molecule has 2 aromatic rings. The lowest BCUT2D eigenvalue weighted by molar-refractivity contribution is -0.126.